The summed E-state index contributed by atoms with van der Waals surface area (Å²) in [7, 11) is 0. The van der Waals surface area contributed by atoms with Gasteiger partial charge in [-0.15, -0.1) is 0 Å². The fourth-order valence-electron chi connectivity index (χ4n) is 2.75. The van der Waals surface area contributed by atoms with Crippen molar-refractivity contribution in [1.29, 1.82) is 0 Å². The molecular weight excluding hydrogens is 365 g/mol. The number of carboxylic acid groups (broad SMARTS) is 1. The Bertz CT molecular complexity index is 679. The summed E-state index contributed by atoms with van der Waals surface area (Å²) in [5.74, 6) is -7.91. The maximum Gasteiger partial charge on any atom is 0.394 e. The van der Waals surface area contributed by atoms with Crippen LogP contribution in [0.5, 0.6) is 5.75 Å². The van der Waals surface area contributed by atoms with Gasteiger partial charge in [0, 0.05) is 25.6 Å². The van der Waals surface area contributed by atoms with Gasteiger partial charge in [0.25, 0.3) is 0 Å². The van der Waals surface area contributed by atoms with E-state index in [1.807, 2.05) is 0 Å². The molecular formula is C16H16F5NO4. The van der Waals surface area contributed by atoms with E-state index < -0.39 is 54.6 Å². The minimum absolute atomic E-state index is 0.0839. The minimum Gasteiger partial charge on any atom is -0.491 e. The Morgan fingerprint density at radius 2 is 1.92 bits per heavy atom. The molecule has 0 aromatic heterocycles. The number of nitrogens with zero attached hydrogens (tertiary/aromatic N) is 1. The van der Waals surface area contributed by atoms with Gasteiger partial charge in [0.05, 0.1) is 18.4 Å². The van der Waals surface area contributed by atoms with Crippen LogP contribution >= 0.6 is 0 Å². The second-order valence-electron chi connectivity index (χ2n) is 5.92. The molecule has 0 saturated carbocycles. The van der Waals surface area contributed by atoms with Gasteiger partial charge >= 0.3 is 12.1 Å². The van der Waals surface area contributed by atoms with Gasteiger partial charge in [-0.25, -0.2) is 8.78 Å². The number of benzene rings is 1. The molecule has 1 saturated heterocycles. The molecule has 144 valence electrons. The lowest BCUT2D eigenvalue weighted by Crippen LogP contribution is -2.34. The number of carboxylic acids is 1. The van der Waals surface area contributed by atoms with Crippen LogP contribution in [0.4, 0.5) is 22.0 Å². The highest BCUT2D eigenvalue weighted by molar-refractivity contribution is 5.79. The van der Waals surface area contributed by atoms with Crippen LogP contribution in [0, 0.1) is 23.5 Å². The molecule has 0 radical (unpaired) electrons. The van der Waals surface area contributed by atoms with Gasteiger partial charge in [-0.2, -0.15) is 13.2 Å². The van der Waals surface area contributed by atoms with Crippen LogP contribution in [-0.2, 0) is 9.59 Å². The molecule has 1 amide bonds. The summed E-state index contributed by atoms with van der Waals surface area (Å²) in [5.41, 5.74) is 0. The summed E-state index contributed by atoms with van der Waals surface area (Å²) in [6.45, 7) is -1.31. The lowest BCUT2D eigenvalue weighted by atomic mass is 9.96. The average Bonchev–Trinajstić information content (AvgIpc) is 2.99. The highest BCUT2D eigenvalue weighted by atomic mass is 19.4. The normalized spacial score (nSPS) is 20.3. The number of aliphatic carboxylic acids is 1. The Kier molecular flexibility index (Phi) is 6.04. The van der Waals surface area contributed by atoms with Crippen LogP contribution in [-0.4, -0.2) is 47.8 Å². The van der Waals surface area contributed by atoms with Crippen LogP contribution in [0.2, 0.25) is 0 Å². The van der Waals surface area contributed by atoms with Gasteiger partial charge in [0.15, 0.2) is 11.6 Å². The largest absolute Gasteiger partial charge is 0.491 e. The molecule has 0 bridgehead atoms. The molecule has 0 unspecified atom stereocenters. The molecule has 1 fully saturated rings. The predicted octanol–water partition coefficient (Wildman–Crippen LogP) is 2.85. The van der Waals surface area contributed by atoms with Crippen molar-refractivity contribution >= 4 is 11.9 Å². The third kappa shape index (κ3) is 4.83. The van der Waals surface area contributed by atoms with E-state index in [4.69, 9.17) is 9.84 Å². The van der Waals surface area contributed by atoms with Gasteiger partial charge in [0.1, 0.15) is 5.82 Å². The minimum atomic E-state index is -4.71. The Balaban J connectivity index is 1.83. The van der Waals surface area contributed by atoms with Crippen LogP contribution in [0.1, 0.15) is 12.8 Å². The fourth-order valence-corrected chi connectivity index (χ4v) is 2.75. The molecule has 1 aliphatic heterocycles. The number of rotatable bonds is 6. The van der Waals surface area contributed by atoms with Crippen molar-refractivity contribution in [2.24, 2.45) is 11.8 Å². The number of hydrogen-bond acceptors (Lipinski definition) is 3. The van der Waals surface area contributed by atoms with Crippen molar-refractivity contribution in [3.05, 3.63) is 29.8 Å². The first-order valence-electron chi connectivity index (χ1n) is 7.74. The van der Waals surface area contributed by atoms with Gasteiger partial charge in [0.2, 0.25) is 5.91 Å². The second-order valence-corrected chi connectivity index (χ2v) is 5.92. The highest BCUT2D eigenvalue weighted by Gasteiger charge is 2.53. The van der Waals surface area contributed by atoms with E-state index in [-0.39, 0.29) is 25.2 Å². The zero-order valence-corrected chi connectivity index (χ0v) is 13.4. The quantitative estimate of drug-likeness (QED) is 0.608. The topological polar surface area (TPSA) is 66.8 Å². The number of alkyl halides is 3. The summed E-state index contributed by atoms with van der Waals surface area (Å²) < 4.78 is 69.8. The van der Waals surface area contributed by atoms with Crippen LogP contribution in [0.25, 0.3) is 0 Å². The van der Waals surface area contributed by atoms with Gasteiger partial charge in [-0.05, 0) is 18.6 Å². The zero-order chi connectivity index (χ0) is 19.5. The first-order valence-corrected chi connectivity index (χ1v) is 7.74. The number of ether oxygens (including phenoxy) is 1. The second kappa shape index (κ2) is 7.88. The van der Waals surface area contributed by atoms with Crippen LogP contribution in [0.15, 0.2) is 18.2 Å². The molecule has 0 aliphatic carbocycles. The van der Waals surface area contributed by atoms with Crippen LogP contribution in [0.3, 0.4) is 0 Å². The van der Waals surface area contributed by atoms with E-state index in [0.717, 1.165) is 17.0 Å². The van der Waals surface area contributed by atoms with E-state index in [0.29, 0.717) is 6.07 Å². The highest BCUT2D eigenvalue weighted by Crippen LogP contribution is 2.37. The van der Waals surface area contributed by atoms with Gasteiger partial charge in [-0.3, -0.25) is 9.59 Å². The molecule has 2 atom stereocenters. The van der Waals surface area contributed by atoms with Crippen molar-refractivity contribution in [3.63, 3.8) is 0 Å². The molecule has 10 heteroatoms. The number of hydrogen-bond donors (Lipinski definition) is 1. The summed E-state index contributed by atoms with van der Waals surface area (Å²) in [6, 6.07) is 2.71. The molecule has 2 rings (SSSR count). The molecule has 0 spiro atoms. The fraction of sp³-hybridized carbons (Fsp3) is 0.500. The van der Waals surface area contributed by atoms with E-state index in [2.05, 4.69) is 0 Å². The van der Waals surface area contributed by atoms with Crippen molar-refractivity contribution in [2.45, 2.75) is 19.0 Å². The number of halogens is 5. The first kappa shape index (κ1) is 19.9. The molecule has 1 N–H and O–H groups in total. The molecule has 26 heavy (non-hydrogen) atoms. The predicted molar refractivity (Wildman–Crippen MR) is 78.3 cm³/mol. The SMILES string of the molecule is O=C(O)[C@@H]1CN(C(=O)CCCOc2ccc(F)cc2F)C[C@H]1C(F)(F)F. The summed E-state index contributed by atoms with van der Waals surface area (Å²) in [4.78, 5) is 23.8. The smallest absolute Gasteiger partial charge is 0.394 e. The molecule has 1 aromatic carbocycles. The summed E-state index contributed by atoms with van der Waals surface area (Å²) in [5, 5.41) is 8.91. The molecule has 5 nitrogen and oxygen atoms in total. The number of likely N-dealkylation sites (tertiary alicyclic amines) is 1. The van der Waals surface area contributed by atoms with Crippen molar-refractivity contribution in [1.82, 2.24) is 4.90 Å². The van der Waals surface area contributed by atoms with Crippen LogP contribution < -0.4 is 4.74 Å². The van der Waals surface area contributed by atoms with Crippen molar-refractivity contribution < 1.29 is 41.4 Å². The molecule has 1 heterocycles. The number of carbonyl (C=O) groups is 2. The Morgan fingerprint density at radius 3 is 2.46 bits per heavy atom. The third-order valence-electron chi connectivity index (χ3n) is 4.10. The van der Waals surface area contributed by atoms with E-state index in [1.54, 1.807) is 0 Å². The maximum absolute atomic E-state index is 13.4. The number of carbonyl (C=O) groups excluding carboxylic acids is 1. The Labute approximate surface area is 145 Å². The average molecular weight is 381 g/mol. The van der Waals surface area contributed by atoms with Crippen molar-refractivity contribution in [3.8, 4) is 5.75 Å². The first-order chi connectivity index (χ1) is 12.1. The summed E-state index contributed by atoms with van der Waals surface area (Å²) >= 11 is 0. The van der Waals surface area contributed by atoms with Crippen molar-refractivity contribution in [2.75, 3.05) is 19.7 Å². The zero-order valence-electron chi connectivity index (χ0n) is 13.4. The van der Waals surface area contributed by atoms with Gasteiger partial charge in [-0.1, -0.05) is 0 Å². The Morgan fingerprint density at radius 1 is 1.23 bits per heavy atom. The van der Waals surface area contributed by atoms with E-state index >= 15 is 0 Å². The third-order valence-corrected chi connectivity index (χ3v) is 4.10. The maximum atomic E-state index is 13.4. The van der Waals surface area contributed by atoms with Gasteiger partial charge < -0.3 is 14.7 Å². The monoisotopic (exact) mass is 381 g/mol. The number of amides is 1. The molecule has 1 aromatic rings. The lowest BCUT2D eigenvalue weighted by molar-refractivity contribution is -0.188. The summed E-state index contributed by atoms with van der Waals surface area (Å²) in [6.07, 6.45) is -4.80. The van der Waals surface area contributed by atoms with E-state index in [9.17, 15) is 31.5 Å². The standard InChI is InChI=1S/C16H16F5NO4/c17-9-3-4-13(12(18)6-9)26-5-1-2-14(23)22-7-10(15(24)25)11(8-22)16(19,20)21/h3-4,6,10-11H,1-2,5,7-8H2,(H,24,25)/t10-,11-/m1/s1. The van der Waals surface area contributed by atoms with E-state index in [1.165, 1.54) is 0 Å². The Hall–Kier alpha value is -2.39. The molecule has 1 aliphatic rings. The lowest BCUT2D eigenvalue weighted by Gasteiger charge is -2.18.